The summed E-state index contributed by atoms with van der Waals surface area (Å²) in [5.41, 5.74) is -0.820. The number of hydrogen-bond acceptors (Lipinski definition) is 4. The molecule has 7 heteroatoms. The normalized spacial score (nSPS) is 23.3. The zero-order valence-electron chi connectivity index (χ0n) is 13.8. The molecule has 1 unspecified atom stereocenters. The van der Waals surface area contributed by atoms with E-state index in [1.807, 2.05) is 0 Å². The van der Waals surface area contributed by atoms with Crippen LogP contribution in [0.2, 0.25) is 0 Å². The fourth-order valence-corrected chi connectivity index (χ4v) is 3.54. The summed E-state index contributed by atoms with van der Waals surface area (Å²) >= 11 is 0. The first kappa shape index (κ1) is 17.1. The van der Waals surface area contributed by atoms with E-state index in [-0.39, 0.29) is 17.6 Å². The number of hydrogen-bond donors (Lipinski definition) is 2. The van der Waals surface area contributed by atoms with Crippen LogP contribution < -0.4 is 15.5 Å². The minimum atomic E-state index is -0.804. The van der Waals surface area contributed by atoms with Gasteiger partial charge in [0.05, 0.1) is 0 Å². The van der Waals surface area contributed by atoms with Crippen molar-refractivity contribution in [1.82, 2.24) is 10.6 Å². The lowest BCUT2D eigenvalue weighted by Gasteiger charge is -2.35. The minimum absolute atomic E-state index is 0.0161. The number of rotatable bonds is 4. The number of nitrogens with zero attached hydrogens (tertiary/aromatic N) is 1. The third-order valence-corrected chi connectivity index (χ3v) is 4.99. The van der Waals surface area contributed by atoms with Crippen LogP contribution in [0.25, 0.3) is 0 Å². The van der Waals surface area contributed by atoms with Gasteiger partial charge in [0.2, 0.25) is 0 Å². The van der Waals surface area contributed by atoms with Gasteiger partial charge in [0.1, 0.15) is 22.9 Å². The number of amides is 1. The third-order valence-electron chi connectivity index (χ3n) is 4.99. The molecule has 2 aliphatic rings. The fraction of sp³-hybridized carbons (Fsp3) is 0.588. The number of carbonyl (C=O) groups is 1. The summed E-state index contributed by atoms with van der Waals surface area (Å²) in [6.07, 6.45) is 1.89. The Morgan fingerprint density at radius 2 is 2.00 bits per heavy atom. The Balaban J connectivity index is 1.65. The lowest BCUT2D eigenvalue weighted by atomic mass is 9.90. The van der Waals surface area contributed by atoms with E-state index in [2.05, 4.69) is 10.6 Å². The van der Waals surface area contributed by atoms with Crippen molar-refractivity contribution in [2.75, 3.05) is 38.2 Å². The summed E-state index contributed by atoms with van der Waals surface area (Å²) in [7, 11) is 1.56. The van der Waals surface area contributed by atoms with Crippen LogP contribution in [0.3, 0.4) is 0 Å². The monoisotopic (exact) mass is 339 g/mol. The van der Waals surface area contributed by atoms with Gasteiger partial charge in [0.25, 0.3) is 5.91 Å². The first-order valence-corrected chi connectivity index (χ1v) is 8.31. The summed E-state index contributed by atoms with van der Waals surface area (Å²) in [6, 6.07) is 3.71. The van der Waals surface area contributed by atoms with E-state index < -0.39 is 17.2 Å². The van der Waals surface area contributed by atoms with Crippen molar-refractivity contribution in [3.8, 4) is 0 Å². The highest BCUT2D eigenvalue weighted by atomic mass is 19.1. The molecule has 0 spiro atoms. The molecule has 1 atom stereocenters. The molecule has 3 rings (SSSR count). The average Bonchev–Trinajstić information content (AvgIpc) is 3.03. The van der Waals surface area contributed by atoms with Crippen molar-refractivity contribution in [3.63, 3.8) is 0 Å². The van der Waals surface area contributed by atoms with Crippen LogP contribution in [0.5, 0.6) is 0 Å². The van der Waals surface area contributed by atoms with Gasteiger partial charge in [0, 0.05) is 26.2 Å². The Kier molecular flexibility index (Phi) is 5.01. The Bertz CT molecular complexity index is 585. The van der Waals surface area contributed by atoms with Gasteiger partial charge in [-0.2, -0.15) is 0 Å². The molecular weight excluding hydrogens is 316 g/mol. The second kappa shape index (κ2) is 7.03. The van der Waals surface area contributed by atoms with Crippen LogP contribution in [-0.4, -0.2) is 50.8 Å². The number of anilines is 1. The second-order valence-electron chi connectivity index (χ2n) is 6.42. The summed E-state index contributed by atoms with van der Waals surface area (Å²) < 4.78 is 33.3. The van der Waals surface area contributed by atoms with Crippen LogP contribution in [0.4, 0.5) is 14.5 Å². The molecule has 2 heterocycles. The molecule has 2 N–H and O–H groups in total. The highest BCUT2D eigenvalue weighted by Gasteiger charge is 2.41. The van der Waals surface area contributed by atoms with Crippen molar-refractivity contribution in [1.29, 1.82) is 0 Å². The lowest BCUT2D eigenvalue weighted by molar-refractivity contribution is -0.147. The maximum Gasteiger partial charge on any atom is 0.252 e. The summed E-state index contributed by atoms with van der Waals surface area (Å²) in [5.74, 6) is -1.28. The highest BCUT2D eigenvalue weighted by Crippen LogP contribution is 2.28. The van der Waals surface area contributed by atoms with Gasteiger partial charge in [-0.1, -0.05) is 6.07 Å². The van der Waals surface area contributed by atoms with Gasteiger partial charge >= 0.3 is 0 Å². The van der Waals surface area contributed by atoms with Crippen LogP contribution >= 0.6 is 0 Å². The van der Waals surface area contributed by atoms with E-state index in [0.29, 0.717) is 32.4 Å². The number of methoxy groups -OCH3 is 1. The fourth-order valence-electron chi connectivity index (χ4n) is 3.54. The number of piperidine rings is 1. The van der Waals surface area contributed by atoms with E-state index >= 15 is 0 Å². The molecule has 1 amide bonds. The zero-order chi connectivity index (χ0) is 17.2. The van der Waals surface area contributed by atoms with Gasteiger partial charge in [-0.15, -0.1) is 0 Å². The lowest BCUT2D eigenvalue weighted by Crippen LogP contribution is -2.56. The van der Waals surface area contributed by atoms with Crippen molar-refractivity contribution in [3.05, 3.63) is 29.8 Å². The molecule has 24 heavy (non-hydrogen) atoms. The van der Waals surface area contributed by atoms with Gasteiger partial charge < -0.3 is 20.3 Å². The summed E-state index contributed by atoms with van der Waals surface area (Å²) in [6.45, 7) is 2.36. The molecule has 1 aromatic rings. The molecule has 0 radical (unpaired) electrons. The zero-order valence-corrected chi connectivity index (χ0v) is 13.8. The molecule has 1 aromatic carbocycles. The Hall–Kier alpha value is -1.73. The van der Waals surface area contributed by atoms with Crippen LogP contribution in [0.1, 0.15) is 19.3 Å². The Morgan fingerprint density at radius 1 is 1.33 bits per heavy atom. The molecule has 132 valence electrons. The van der Waals surface area contributed by atoms with E-state index in [9.17, 15) is 13.6 Å². The molecule has 5 nitrogen and oxygen atoms in total. The van der Waals surface area contributed by atoms with Crippen molar-refractivity contribution in [2.45, 2.75) is 30.9 Å². The van der Waals surface area contributed by atoms with Gasteiger partial charge in [-0.25, -0.2) is 8.78 Å². The van der Waals surface area contributed by atoms with E-state index in [1.54, 1.807) is 12.0 Å². The number of para-hydroxylation sites is 1. The molecular formula is C17H23F2N3O2. The molecule has 0 aromatic heterocycles. The SMILES string of the molecule is COC1(C(=O)NC2CCN(c3c(F)cccc3F)C2)CCNCC1. The van der Waals surface area contributed by atoms with E-state index in [1.165, 1.54) is 18.2 Å². The topological polar surface area (TPSA) is 53.6 Å². The number of halogens is 2. The molecule has 2 aliphatic heterocycles. The predicted octanol–water partition coefficient (Wildman–Crippen LogP) is 1.43. The van der Waals surface area contributed by atoms with E-state index in [0.717, 1.165) is 13.1 Å². The Labute approximate surface area is 140 Å². The maximum absolute atomic E-state index is 13.9. The average molecular weight is 339 g/mol. The summed E-state index contributed by atoms with van der Waals surface area (Å²) in [5, 5.41) is 6.21. The minimum Gasteiger partial charge on any atom is -0.368 e. The first-order valence-electron chi connectivity index (χ1n) is 8.31. The van der Waals surface area contributed by atoms with E-state index in [4.69, 9.17) is 4.74 Å². The van der Waals surface area contributed by atoms with Crippen LogP contribution in [0.15, 0.2) is 18.2 Å². The summed E-state index contributed by atoms with van der Waals surface area (Å²) in [4.78, 5) is 14.3. The molecule has 0 bridgehead atoms. The quantitative estimate of drug-likeness (QED) is 0.871. The maximum atomic E-state index is 13.9. The molecule has 2 saturated heterocycles. The number of nitrogens with one attached hydrogen (secondary N) is 2. The van der Waals surface area contributed by atoms with Crippen LogP contribution in [0, 0.1) is 11.6 Å². The third kappa shape index (κ3) is 3.23. The van der Waals surface area contributed by atoms with Crippen molar-refractivity contribution < 1.29 is 18.3 Å². The smallest absolute Gasteiger partial charge is 0.252 e. The highest BCUT2D eigenvalue weighted by molar-refractivity contribution is 5.85. The molecule has 0 saturated carbocycles. The number of carbonyl (C=O) groups excluding carboxylic acids is 1. The van der Waals surface area contributed by atoms with Gasteiger partial charge in [-0.05, 0) is 44.5 Å². The van der Waals surface area contributed by atoms with Gasteiger partial charge in [0.15, 0.2) is 0 Å². The number of ether oxygens (including phenoxy) is 1. The second-order valence-corrected chi connectivity index (χ2v) is 6.42. The largest absolute Gasteiger partial charge is 0.368 e. The van der Waals surface area contributed by atoms with Crippen molar-refractivity contribution >= 4 is 11.6 Å². The van der Waals surface area contributed by atoms with Gasteiger partial charge in [-0.3, -0.25) is 4.79 Å². The standard InChI is InChI=1S/C17H23F2N3O2/c1-24-17(6-8-20-9-7-17)16(23)21-12-5-10-22(11-12)15-13(18)3-2-4-14(15)19/h2-4,12,20H,5-11H2,1H3,(H,21,23). The first-order chi connectivity index (χ1) is 11.6. The number of benzene rings is 1. The molecule has 0 aliphatic carbocycles. The predicted molar refractivity (Wildman–Crippen MR) is 87.0 cm³/mol. The van der Waals surface area contributed by atoms with Crippen LogP contribution in [-0.2, 0) is 9.53 Å². The van der Waals surface area contributed by atoms with Crippen molar-refractivity contribution in [2.24, 2.45) is 0 Å². The molecule has 2 fully saturated rings. The Morgan fingerprint density at radius 3 is 2.62 bits per heavy atom.